The highest BCUT2D eigenvalue weighted by Gasteiger charge is 2.19. The van der Waals surface area contributed by atoms with E-state index in [1.54, 1.807) is 5.38 Å². The monoisotopic (exact) mass is 456 g/mol. The zero-order chi connectivity index (χ0) is 21.1. The average molecular weight is 457 g/mol. The van der Waals surface area contributed by atoms with Gasteiger partial charge < -0.3 is 10.1 Å². The van der Waals surface area contributed by atoms with Gasteiger partial charge in [0.25, 0.3) is 0 Å². The van der Waals surface area contributed by atoms with E-state index in [9.17, 15) is 9.59 Å². The molecule has 4 aromatic rings. The fourth-order valence-corrected chi connectivity index (χ4v) is 5.07. The lowest BCUT2D eigenvalue weighted by Gasteiger charge is -2.06. The van der Waals surface area contributed by atoms with Gasteiger partial charge in [0, 0.05) is 21.2 Å². The topological polar surface area (TPSA) is 68.3 Å². The first-order valence-corrected chi connectivity index (χ1v) is 11.2. The Bertz CT molecular complexity index is 1230. The molecule has 152 valence electrons. The number of halogens is 1. The molecule has 0 saturated heterocycles. The van der Waals surface area contributed by atoms with E-state index in [2.05, 4.69) is 10.3 Å². The van der Waals surface area contributed by atoms with Gasteiger partial charge in [-0.25, -0.2) is 9.78 Å². The predicted molar refractivity (Wildman–Crippen MR) is 122 cm³/mol. The minimum Gasteiger partial charge on any atom is -0.455 e. The van der Waals surface area contributed by atoms with Gasteiger partial charge in [-0.15, -0.1) is 22.7 Å². The van der Waals surface area contributed by atoms with Gasteiger partial charge in [0.15, 0.2) is 0 Å². The van der Waals surface area contributed by atoms with Crippen LogP contribution >= 0.6 is 34.3 Å². The van der Waals surface area contributed by atoms with E-state index in [0.29, 0.717) is 20.6 Å². The number of fused-ring (bicyclic) bond motifs is 1. The van der Waals surface area contributed by atoms with Gasteiger partial charge in [-0.1, -0.05) is 48.0 Å². The Morgan fingerprint density at radius 2 is 1.90 bits per heavy atom. The fraction of sp³-hybridized carbons (Fsp3) is 0.136. The third-order valence-corrected chi connectivity index (χ3v) is 6.95. The van der Waals surface area contributed by atoms with Gasteiger partial charge in [0.2, 0.25) is 5.91 Å². The number of amides is 1. The van der Waals surface area contributed by atoms with Crippen LogP contribution in [0.2, 0.25) is 5.02 Å². The van der Waals surface area contributed by atoms with Crippen LogP contribution in [-0.2, 0) is 22.6 Å². The molecule has 0 spiro atoms. The summed E-state index contributed by atoms with van der Waals surface area (Å²) in [6.07, 6.45) is 0.162. The van der Waals surface area contributed by atoms with Gasteiger partial charge in [-0.05, 0) is 24.6 Å². The van der Waals surface area contributed by atoms with Crippen LogP contribution in [0.4, 0.5) is 5.69 Å². The number of hydrogen-bond donors (Lipinski definition) is 1. The van der Waals surface area contributed by atoms with E-state index >= 15 is 0 Å². The van der Waals surface area contributed by atoms with Crippen molar-refractivity contribution in [1.82, 2.24) is 4.98 Å². The van der Waals surface area contributed by atoms with Crippen LogP contribution in [-0.4, -0.2) is 16.9 Å². The molecule has 30 heavy (non-hydrogen) atoms. The molecule has 2 aromatic heterocycles. The number of nitrogens with zero attached hydrogens (tertiary/aromatic N) is 1. The zero-order valence-corrected chi connectivity index (χ0v) is 18.4. The molecular weight excluding hydrogens is 440 g/mol. The number of nitrogens with one attached hydrogen (secondary N) is 1. The molecule has 2 heterocycles. The van der Waals surface area contributed by atoms with Crippen molar-refractivity contribution in [2.24, 2.45) is 0 Å². The van der Waals surface area contributed by atoms with Crippen LogP contribution in [0.3, 0.4) is 0 Å². The summed E-state index contributed by atoms with van der Waals surface area (Å²) >= 11 is 8.99. The van der Waals surface area contributed by atoms with Crippen molar-refractivity contribution < 1.29 is 14.3 Å². The number of thiophene rings is 1. The van der Waals surface area contributed by atoms with Crippen molar-refractivity contribution in [2.75, 3.05) is 5.32 Å². The van der Waals surface area contributed by atoms with Gasteiger partial charge in [-0.3, -0.25) is 4.79 Å². The first-order valence-electron chi connectivity index (χ1n) is 9.14. The second kappa shape index (κ2) is 8.95. The molecule has 4 rings (SSSR count). The van der Waals surface area contributed by atoms with Crippen LogP contribution in [0.5, 0.6) is 0 Å². The van der Waals surface area contributed by atoms with E-state index in [1.165, 1.54) is 22.7 Å². The molecule has 0 aliphatic carbocycles. The van der Waals surface area contributed by atoms with Crippen LogP contribution in [0.15, 0.2) is 53.9 Å². The number of ether oxygens (including phenoxy) is 1. The Morgan fingerprint density at radius 3 is 2.70 bits per heavy atom. The molecule has 0 radical (unpaired) electrons. The number of esters is 1. The van der Waals surface area contributed by atoms with Crippen LogP contribution in [0, 0.1) is 6.92 Å². The lowest BCUT2D eigenvalue weighted by molar-refractivity contribution is -0.115. The maximum absolute atomic E-state index is 12.4. The summed E-state index contributed by atoms with van der Waals surface area (Å²) in [6.45, 7) is 1.97. The first kappa shape index (κ1) is 20.5. The molecular formula is C22H17ClN2O3S2. The molecule has 8 heteroatoms. The Balaban J connectivity index is 1.35. The molecule has 5 nitrogen and oxygen atoms in total. The van der Waals surface area contributed by atoms with E-state index in [-0.39, 0.29) is 18.9 Å². The Hall–Kier alpha value is -2.74. The molecule has 0 saturated carbocycles. The van der Waals surface area contributed by atoms with Crippen LogP contribution < -0.4 is 5.32 Å². The lowest BCUT2D eigenvalue weighted by atomic mass is 10.2. The number of carbonyl (C=O) groups excluding carboxylic acids is 2. The smallest absolute Gasteiger partial charge is 0.350 e. The van der Waals surface area contributed by atoms with E-state index in [4.69, 9.17) is 16.3 Å². The number of benzene rings is 2. The first-order chi connectivity index (χ1) is 14.5. The number of carbonyl (C=O) groups is 2. The number of rotatable bonds is 6. The zero-order valence-electron chi connectivity index (χ0n) is 16.0. The molecule has 0 bridgehead atoms. The Morgan fingerprint density at radius 1 is 1.13 bits per heavy atom. The summed E-state index contributed by atoms with van der Waals surface area (Å²) in [6, 6.07) is 15.2. The van der Waals surface area contributed by atoms with E-state index in [1.807, 2.05) is 55.5 Å². The average Bonchev–Trinajstić information content (AvgIpc) is 3.32. The molecule has 0 aliphatic heterocycles. The number of aryl methyl sites for hydroxylation is 1. The third-order valence-electron chi connectivity index (χ3n) is 4.40. The highest BCUT2D eigenvalue weighted by Crippen LogP contribution is 2.35. The number of thiazole rings is 1. The highest BCUT2D eigenvalue weighted by molar-refractivity contribution is 7.21. The maximum Gasteiger partial charge on any atom is 0.350 e. The van der Waals surface area contributed by atoms with E-state index < -0.39 is 5.97 Å². The van der Waals surface area contributed by atoms with Crippen molar-refractivity contribution in [3.63, 3.8) is 0 Å². The largest absolute Gasteiger partial charge is 0.455 e. The standard InChI is InChI=1S/C22H17ClN2O3S2/c1-13-6-2-4-8-16(13)25-18(26)10-19-24-14(12-29-19)11-28-22(27)21-20(23)15-7-3-5-9-17(15)30-21/h2-9,12H,10-11H2,1H3,(H,25,26). The van der Waals surface area contributed by atoms with Gasteiger partial charge in [0.1, 0.15) is 16.5 Å². The molecule has 1 N–H and O–H groups in total. The summed E-state index contributed by atoms with van der Waals surface area (Å²) in [7, 11) is 0. The third kappa shape index (κ3) is 4.53. The van der Waals surface area contributed by atoms with Gasteiger partial charge in [0.05, 0.1) is 17.1 Å². The van der Waals surface area contributed by atoms with Crippen molar-refractivity contribution in [2.45, 2.75) is 20.0 Å². The summed E-state index contributed by atoms with van der Waals surface area (Å²) in [4.78, 5) is 29.5. The Kier molecular flexibility index (Phi) is 6.13. The van der Waals surface area contributed by atoms with Crippen molar-refractivity contribution >= 4 is 61.9 Å². The maximum atomic E-state index is 12.4. The summed E-state index contributed by atoms with van der Waals surface area (Å²) in [5.74, 6) is -0.618. The number of hydrogen-bond acceptors (Lipinski definition) is 6. The number of para-hydroxylation sites is 1. The lowest BCUT2D eigenvalue weighted by Crippen LogP contribution is -2.15. The molecule has 0 atom stereocenters. The minimum absolute atomic E-state index is 0.0271. The predicted octanol–water partition coefficient (Wildman–Crippen LogP) is 5.86. The normalized spacial score (nSPS) is 10.9. The molecule has 1 amide bonds. The van der Waals surface area contributed by atoms with Crippen molar-refractivity contribution in [1.29, 1.82) is 0 Å². The Labute approximate surface area is 186 Å². The van der Waals surface area contributed by atoms with Crippen LogP contribution in [0.1, 0.15) is 25.9 Å². The van der Waals surface area contributed by atoms with Crippen molar-refractivity contribution in [3.8, 4) is 0 Å². The summed E-state index contributed by atoms with van der Waals surface area (Å²) in [5, 5.41) is 6.58. The second-order valence-corrected chi connectivity index (χ2v) is 8.96. The summed E-state index contributed by atoms with van der Waals surface area (Å²) in [5.41, 5.74) is 2.38. The summed E-state index contributed by atoms with van der Waals surface area (Å²) < 4.78 is 6.32. The quantitative estimate of drug-likeness (QED) is 0.369. The number of anilines is 1. The van der Waals surface area contributed by atoms with Gasteiger partial charge in [-0.2, -0.15) is 0 Å². The molecule has 0 fully saturated rings. The van der Waals surface area contributed by atoms with Crippen molar-refractivity contribution in [3.05, 3.63) is 80.1 Å². The number of aromatic nitrogens is 1. The minimum atomic E-state index is -0.479. The fourth-order valence-electron chi connectivity index (χ4n) is 2.89. The van der Waals surface area contributed by atoms with Gasteiger partial charge >= 0.3 is 5.97 Å². The SMILES string of the molecule is Cc1ccccc1NC(=O)Cc1nc(COC(=O)c2sc3ccccc3c2Cl)cs1. The van der Waals surface area contributed by atoms with Crippen LogP contribution in [0.25, 0.3) is 10.1 Å². The molecule has 0 unspecified atom stereocenters. The molecule has 2 aromatic carbocycles. The second-order valence-electron chi connectivity index (χ2n) is 6.59. The molecule has 0 aliphatic rings. The highest BCUT2D eigenvalue weighted by atomic mass is 35.5. The van der Waals surface area contributed by atoms with E-state index in [0.717, 1.165) is 21.3 Å².